The SMILES string of the molecule is COc1ccc(N(C)CC(=O)O)c(OC)c1. The number of ether oxygens (including phenoxy) is 2. The lowest BCUT2D eigenvalue weighted by atomic mass is 10.2. The molecule has 0 aliphatic heterocycles. The van der Waals surface area contributed by atoms with Gasteiger partial charge in [-0.05, 0) is 12.1 Å². The molecule has 5 nitrogen and oxygen atoms in total. The third kappa shape index (κ3) is 2.79. The van der Waals surface area contributed by atoms with Crippen LogP contribution in [0.3, 0.4) is 0 Å². The highest BCUT2D eigenvalue weighted by Crippen LogP contribution is 2.31. The number of nitrogens with zero attached hydrogens (tertiary/aromatic N) is 1. The van der Waals surface area contributed by atoms with Gasteiger partial charge < -0.3 is 19.5 Å². The van der Waals surface area contributed by atoms with Crippen molar-refractivity contribution in [2.24, 2.45) is 0 Å². The number of rotatable bonds is 5. The first-order valence-electron chi connectivity index (χ1n) is 4.73. The van der Waals surface area contributed by atoms with Gasteiger partial charge in [-0.15, -0.1) is 0 Å². The van der Waals surface area contributed by atoms with Gasteiger partial charge in [-0.1, -0.05) is 0 Å². The fraction of sp³-hybridized carbons (Fsp3) is 0.364. The predicted octanol–water partition coefficient (Wildman–Crippen LogP) is 1.22. The first-order chi connectivity index (χ1) is 7.58. The molecule has 1 rings (SSSR count). The van der Waals surface area contributed by atoms with Gasteiger partial charge in [-0.25, -0.2) is 0 Å². The van der Waals surface area contributed by atoms with Crippen LogP contribution in [0.4, 0.5) is 5.69 Å². The maximum atomic E-state index is 10.6. The Morgan fingerprint density at radius 1 is 1.38 bits per heavy atom. The summed E-state index contributed by atoms with van der Waals surface area (Å²) in [5, 5.41) is 8.70. The molecule has 0 heterocycles. The van der Waals surface area contributed by atoms with Crippen LogP contribution in [-0.4, -0.2) is 38.9 Å². The van der Waals surface area contributed by atoms with Crippen molar-refractivity contribution in [1.82, 2.24) is 0 Å². The summed E-state index contributed by atoms with van der Waals surface area (Å²) in [7, 11) is 4.79. The molecule has 0 aliphatic rings. The quantitative estimate of drug-likeness (QED) is 0.816. The van der Waals surface area contributed by atoms with E-state index in [1.165, 1.54) is 7.11 Å². The molecule has 0 amide bonds. The zero-order chi connectivity index (χ0) is 12.1. The molecule has 16 heavy (non-hydrogen) atoms. The molecule has 0 spiro atoms. The van der Waals surface area contributed by atoms with Gasteiger partial charge in [0.25, 0.3) is 0 Å². The maximum absolute atomic E-state index is 10.6. The second-order valence-electron chi connectivity index (χ2n) is 3.29. The molecular formula is C11H15NO4. The maximum Gasteiger partial charge on any atom is 0.323 e. The van der Waals surface area contributed by atoms with Crippen LogP contribution in [0.2, 0.25) is 0 Å². The molecule has 0 radical (unpaired) electrons. The van der Waals surface area contributed by atoms with Gasteiger partial charge in [-0.2, -0.15) is 0 Å². The fourth-order valence-electron chi connectivity index (χ4n) is 1.39. The number of carboxylic acids is 1. The molecule has 5 heteroatoms. The predicted molar refractivity (Wildman–Crippen MR) is 60.5 cm³/mol. The van der Waals surface area contributed by atoms with E-state index in [0.717, 1.165) is 0 Å². The Morgan fingerprint density at radius 3 is 2.56 bits per heavy atom. The third-order valence-corrected chi connectivity index (χ3v) is 2.17. The van der Waals surface area contributed by atoms with Gasteiger partial charge >= 0.3 is 5.97 Å². The van der Waals surface area contributed by atoms with Crippen molar-refractivity contribution in [1.29, 1.82) is 0 Å². The van der Waals surface area contributed by atoms with Crippen LogP contribution in [0.5, 0.6) is 11.5 Å². The lowest BCUT2D eigenvalue weighted by Crippen LogP contribution is -2.25. The Balaban J connectivity index is 2.98. The van der Waals surface area contributed by atoms with E-state index in [0.29, 0.717) is 17.2 Å². The van der Waals surface area contributed by atoms with Crippen LogP contribution in [-0.2, 0) is 4.79 Å². The molecule has 0 saturated heterocycles. The number of hydrogen-bond donors (Lipinski definition) is 1. The van der Waals surface area contributed by atoms with Crippen LogP contribution in [0.25, 0.3) is 0 Å². The second kappa shape index (κ2) is 5.25. The summed E-state index contributed by atoms with van der Waals surface area (Å²) in [5.74, 6) is 0.368. The van der Waals surface area contributed by atoms with Crippen LogP contribution in [0, 0.1) is 0 Å². The smallest absolute Gasteiger partial charge is 0.323 e. The van der Waals surface area contributed by atoms with Crippen molar-refractivity contribution in [3.63, 3.8) is 0 Å². The topological polar surface area (TPSA) is 59.0 Å². The van der Waals surface area contributed by atoms with Gasteiger partial charge in [-0.3, -0.25) is 4.79 Å². The van der Waals surface area contributed by atoms with Gasteiger partial charge in [0.15, 0.2) is 0 Å². The molecule has 1 aromatic carbocycles. The lowest BCUT2D eigenvalue weighted by Gasteiger charge is -2.20. The lowest BCUT2D eigenvalue weighted by molar-refractivity contribution is -0.135. The van der Waals surface area contributed by atoms with E-state index < -0.39 is 5.97 Å². The molecule has 0 aromatic heterocycles. The highest BCUT2D eigenvalue weighted by atomic mass is 16.5. The van der Waals surface area contributed by atoms with Gasteiger partial charge in [0.2, 0.25) is 0 Å². The summed E-state index contributed by atoms with van der Waals surface area (Å²) in [6.07, 6.45) is 0. The molecule has 0 fully saturated rings. The number of anilines is 1. The number of likely N-dealkylation sites (N-methyl/N-ethyl adjacent to an activating group) is 1. The molecule has 1 N–H and O–H groups in total. The van der Waals surface area contributed by atoms with Crippen LogP contribution in [0.1, 0.15) is 0 Å². The molecule has 0 aliphatic carbocycles. The zero-order valence-electron chi connectivity index (χ0n) is 9.56. The van der Waals surface area contributed by atoms with Crippen LogP contribution >= 0.6 is 0 Å². The van der Waals surface area contributed by atoms with E-state index in [9.17, 15) is 4.79 Å². The van der Waals surface area contributed by atoms with E-state index in [1.54, 1.807) is 37.3 Å². The number of benzene rings is 1. The van der Waals surface area contributed by atoms with Crippen LogP contribution in [0.15, 0.2) is 18.2 Å². The monoisotopic (exact) mass is 225 g/mol. The molecule has 1 aromatic rings. The summed E-state index contributed by atoms with van der Waals surface area (Å²) in [4.78, 5) is 12.2. The van der Waals surface area contributed by atoms with Gasteiger partial charge in [0.1, 0.15) is 18.0 Å². The summed E-state index contributed by atoms with van der Waals surface area (Å²) >= 11 is 0. The fourth-order valence-corrected chi connectivity index (χ4v) is 1.39. The van der Waals surface area contributed by atoms with Gasteiger partial charge in [0, 0.05) is 13.1 Å². The molecule has 0 saturated carbocycles. The van der Waals surface area contributed by atoms with Crippen molar-refractivity contribution < 1.29 is 19.4 Å². The molecule has 0 bridgehead atoms. The first kappa shape index (κ1) is 12.2. The summed E-state index contributed by atoms with van der Waals surface area (Å²) in [5.41, 5.74) is 0.714. The molecule has 88 valence electrons. The van der Waals surface area contributed by atoms with Crippen molar-refractivity contribution in [3.05, 3.63) is 18.2 Å². The summed E-state index contributed by atoms with van der Waals surface area (Å²) in [6, 6.07) is 5.24. The third-order valence-electron chi connectivity index (χ3n) is 2.17. The standard InChI is InChI=1S/C11H15NO4/c1-12(7-11(13)14)9-5-4-8(15-2)6-10(9)16-3/h4-6H,7H2,1-3H3,(H,13,14). The minimum Gasteiger partial charge on any atom is -0.497 e. The highest BCUT2D eigenvalue weighted by Gasteiger charge is 2.11. The van der Waals surface area contributed by atoms with Gasteiger partial charge in [0.05, 0.1) is 19.9 Å². The van der Waals surface area contributed by atoms with Crippen molar-refractivity contribution >= 4 is 11.7 Å². The summed E-state index contributed by atoms with van der Waals surface area (Å²) in [6.45, 7) is -0.0807. The average Bonchev–Trinajstić information content (AvgIpc) is 2.27. The van der Waals surface area contributed by atoms with E-state index in [1.807, 2.05) is 0 Å². The number of carboxylic acid groups (broad SMARTS) is 1. The normalized spacial score (nSPS) is 9.69. The zero-order valence-corrected chi connectivity index (χ0v) is 9.56. The minimum absolute atomic E-state index is 0.0807. The molecule has 0 atom stereocenters. The molecule has 0 unspecified atom stereocenters. The van der Waals surface area contributed by atoms with Crippen molar-refractivity contribution in [2.45, 2.75) is 0 Å². The van der Waals surface area contributed by atoms with E-state index in [2.05, 4.69) is 0 Å². The Kier molecular flexibility index (Phi) is 3.99. The Bertz CT molecular complexity index is 378. The number of hydrogen-bond acceptors (Lipinski definition) is 4. The Morgan fingerprint density at radius 2 is 2.06 bits per heavy atom. The minimum atomic E-state index is -0.889. The molecular weight excluding hydrogens is 210 g/mol. The Labute approximate surface area is 94.2 Å². The largest absolute Gasteiger partial charge is 0.497 e. The van der Waals surface area contributed by atoms with Crippen molar-refractivity contribution in [3.8, 4) is 11.5 Å². The van der Waals surface area contributed by atoms with E-state index in [4.69, 9.17) is 14.6 Å². The Hall–Kier alpha value is -1.91. The number of aliphatic carboxylic acids is 1. The van der Waals surface area contributed by atoms with Crippen LogP contribution < -0.4 is 14.4 Å². The van der Waals surface area contributed by atoms with E-state index in [-0.39, 0.29) is 6.54 Å². The number of methoxy groups -OCH3 is 2. The average molecular weight is 225 g/mol. The number of carbonyl (C=O) groups is 1. The first-order valence-corrected chi connectivity index (χ1v) is 4.73. The van der Waals surface area contributed by atoms with Crippen molar-refractivity contribution in [2.75, 3.05) is 32.7 Å². The second-order valence-corrected chi connectivity index (χ2v) is 3.29. The summed E-state index contributed by atoms with van der Waals surface area (Å²) < 4.78 is 10.2. The van der Waals surface area contributed by atoms with E-state index >= 15 is 0 Å². The highest BCUT2D eigenvalue weighted by molar-refractivity contribution is 5.75.